The molecule has 2 N–H and O–H groups in total. The minimum absolute atomic E-state index is 0.0399. The molecule has 0 spiro atoms. The van der Waals surface area contributed by atoms with Gasteiger partial charge in [0.2, 0.25) is 5.91 Å². The molecule has 2 aromatic rings. The maximum Gasteiger partial charge on any atom is 0.337 e. The van der Waals surface area contributed by atoms with Crippen molar-refractivity contribution >= 4 is 50.9 Å². The first-order valence-corrected chi connectivity index (χ1v) is 7.65. The number of carbonyl (C=O) groups is 2. The number of hydrogen-bond donors (Lipinski definition) is 2. The third-order valence-corrected chi connectivity index (χ3v) is 4.28. The number of carboxylic acids is 1. The van der Waals surface area contributed by atoms with Gasteiger partial charge in [0.25, 0.3) is 0 Å². The first kappa shape index (κ1) is 15.5. The molecule has 0 bridgehead atoms. The van der Waals surface area contributed by atoms with Crippen molar-refractivity contribution in [1.82, 2.24) is 0 Å². The van der Waals surface area contributed by atoms with Crippen molar-refractivity contribution in [2.45, 2.75) is 6.92 Å². The molecule has 2 rings (SSSR count). The van der Waals surface area contributed by atoms with Crippen molar-refractivity contribution in [3.63, 3.8) is 0 Å². The van der Waals surface area contributed by atoms with Gasteiger partial charge in [0, 0.05) is 20.3 Å². The van der Waals surface area contributed by atoms with Crippen LogP contribution in [0.3, 0.4) is 0 Å². The van der Waals surface area contributed by atoms with Crippen molar-refractivity contribution in [1.29, 1.82) is 0 Å². The van der Waals surface area contributed by atoms with Crippen molar-refractivity contribution in [2.75, 3.05) is 5.32 Å². The Bertz CT molecular complexity index is 721. The summed E-state index contributed by atoms with van der Waals surface area (Å²) in [7, 11) is 0. The highest BCUT2D eigenvalue weighted by Gasteiger charge is 2.14. The lowest BCUT2D eigenvalue weighted by atomic mass is 10.2. The third-order valence-electron chi connectivity index (χ3n) is 2.65. The Morgan fingerprint density at radius 3 is 2.67 bits per heavy atom. The number of nitrogens with one attached hydrogen (secondary N) is 1. The lowest BCUT2D eigenvalue weighted by Crippen LogP contribution is -2.12. The van der Waals surface area contributed by atoms with E-state index in [0.29, 0.717) is 4.47 Å². The molecule has 1 amide bonds. The van der Waals surface area contributed by atoms with Crippen LogP contribution in [0.15, 0.2) is 40.9 Å². The van der Waals surface area contributed by atoms with Gasteiger partial charge in [-0.15, -0.1) is 11.3 Å². The van der Waals surface area contributed by atoms with Gasteiger partial charge in [0.1, 0.15) is 0 Å². The molecule has 1 aromatic carbocycles. The Morgan fingerprint density at radius 1 is 1.29 bits per heavy atom. The number of rotatable bonds is 4. The van der Waals surface area contributed by atoms with Gasteiger partial charge in [0.05, 0.1) is 11.3 Å². The fraction of sp³-hybridized carbons (Fsp3) is 0.0667. The van der Waals surface area contributed by atoms with E-state index in [1.165, 1.54) is 12.1 Å². The summed E-state index contributed by atoms with van der Waals surface area (Å²) in [6, 6.07) is 8.61. The summed E-state index contributed by atoms with van der Waals surface area (Å²) in [4.78, 5) is 25.2. The van der Waals surface area contributed by atoms with Crippen LogP contribution in [0, 0.1) is 6.92 Å². The summed E-state index contributed by atoms with van der Waals surface area (Å²) in [5, 5.41) is 11.7. The van der Waals surface area contributed by atoms with Gasteiger partial charge in [0.15, 0.2) is 0 Å². The molecule has 1 heterocycles. The van der Waals surface area contributed by atoms with Crippen LogP contribution in [0.5, 0.6) is 0 Å². The smallest absolute Gasteiger partial charge is 0.337 e. The molecule has 108 valence electrons. The van der Waals surface area contributed by atoms with Gasteiger partial charge in [-0.3, -0.25) is 4.79 Å². The highest BCUT2D eigenvalue weighted by molar-refractivity contribution is 9.10. The molecule has 0 saturated carbocycles. The van der Waals surface area contributed by atoms with E-state index >= 15 is 0 Å². The molecule has 6 heteroatoms. The normalized spacial score (nSPS) is 10.8. The molecule has 1 aromatic heterocycles. The summed E-state index contributed by atoms with van der Waals surface area (Å²) in [5.41, 5.74) is 0.292. The van der Waals surface area contributed by atoms with Gasteiger partial charge < -0.3 is 10.4 Å². The summed E-state index contributed by atoms with van der Waals surface area (Å²) >= 11 is 4.82. The number of aromatic carboxylic acids is 1. The molecule has 21 heavy (non-hydrogen) atoms. The predicted molar refractivity (Wildman–Crippen MR) is 87.8 cm³/mol. The lowest BCUT2D eigenvalue weighted by Gasteiger charge is -2.08. The zero-order valence-corrected chi connectivity index (χ0v) is 13.5. The van der Waals surface area contributed by atoms with E-state index < -0.39 is 5.97 Å². The number of amides is 1. The molecule has 0 aliphatic rings. The van der Waals surface area contributed by atoms with Gasteiger partial charge in [-0.2, -0.15) is 0 Å². The quantitative estimate of drug-likeness (QED) is 0.799. The largest absolute Gasteiger partial charge is 0.478 e. The molecule has 4 nitrogen and oxygen atoms in total. The standard InChI is InChI=1S/C15H12BrNO3S/c1-9-5-6-10(21-9)7-8-13(18)17-14-11(15(19)20)3-2-4-12(14)16/h2-8H,1H3,(H,17,18)(H,19,20). The van der Waals surface area contributed by atoms with Crippen LogP contribution in [0.25, 0.3) is 6.08 Å². The number of anilines is 1. The van der Waals surface area contributed by atoms with E-state index in [4.69, 9.17) is 5.11 Å². The average molecular weight is 366 g/mol. The maximum absolute atomic E-state index is 11.9. The average Bonchev–Trinajstić information content (AvgIpc) is 2.84. The minimum atomic E-state index is -1.09. The number of carbonyl (C=O) groups excluding carboxylic acids is 1. The molecular formula is C15H12BrNO3S. The van der Waals surface area contributed by atoms with Crippen LogP contribution in [0.2, 0.25) is 0 Å². The Hall–Kier alpha value is -1.92. The molecule has 0 atom stereocenters. The topological polar surface area (TPSA) is 66.4 Å². The van der Waals surface area contributed by atoms with Crippen molar-refractivity contribution < 1.29 is 14.7 Å². The first-order chi connectivity index (χ1) is 9.97. The molecule has 0 aliphatic carbocycles. The van der Waals surface area contributed by atoms with Crippen molar-refractivity contribution in [2.24, 2.45) is 0 Å². The number of carboxylic acid groups (broad SMARTS) is 1. The number of aryl methyl sites for hydroxylation is 1. The second-order valence-electron chi connectivity index (χ2n) is 4.24. The monoisotopic (exact) mass is 365 g/mol. The van der Waals surface area contributed by atoms with Crippen molar-refractivity contribution in [3.05, 3.63) is 56.2 Å². The highest BCUT2D eigenvalue weighted by atomic mass is 79.9. The lowest BCUT2D eigenvalue weighted by molar-refractivity contribution is -0.111. The summed E-state index contributed by atoms with van der Waals surface area (Å²) < 4.78 is 0.524. The minimum Gasteiger partial charge on any atom is -0.478 e. The van der Waals surface area contributed by atoms with Gasteiger partial charge in [-0.25, -0.2) is 4.79 Å². The van der Waals surface area contributed by atoms with Crippen LogP contribution >= 0.6 is 27.3 Å². The van der Waals surface area contributed by atoms with E-state index in [1.807, 2.05) is 19.1 Å². The first-order valence-electron chi connectivity index (χ1n) is 6.04. The van der Waals surface area contributed by atoms with Crippen LogP contribution in [0.4, 0.5) is 5.69 Å². The summed E-state index contributed by atoms with van der Waals surface area (Å²) in [5.74, 6) is -1.47. The Morgan fingerprint density at radius 2 is 2.05 bits per heavy atom. The molecule has 0 aliphatic heterocycles. The number of para-hydroxylation sites is 1. The zero-order valence-electron chi connectivity index (χ0n) is 11.1. The third kappa shape index (κ3) is 4.03. The maximum atomic E-state index is 11.9. The van der Waals surface area contributed by atoms with E-state index in [2.05, 4.69) is 21.2 Å². The van der Waals surface area contributed by atoms with Gasteiger partial charge >= 0.3 is 5.97 Å². The fourth-order valence-corrected chi connectivity index (χ4v) is 2.94. The Balaban J connectivity index is 2.16. The van der Waals surface area contributed by atoms with E-state index in [-0.39, 0.29) is 17.2 Å². The summed E-state index contributed by atoms with van der Waals surface area (Å²) in [6.07, 6.45) is 3.08. The Labute approximate surface area is 134 Å². The SMILES string of the molecule is Cc1ccc(C=CC(=O)Nc2c(Br)cccc2C(=O)O)s1. The second-order valence-corrected chi connectivity index (χ2v) is 6.41. The predicted octanol–water partition coefficient (Wildman–Crippen LogP) is 4.17. The fourth-order valence-electron chi connectivity index (χ4n) is 1.70. The van der Waals surface area contributed by atoms with Crippen molar-refractivity contribution in [3.8, 4) is 0 Å². The van der Waals surface area contributed by atoms with Crippen LogP contribution in [0.1, 0.15) is 20.1 Å². The number of benzene rings is 1. The molecule has 0 radical (unpaired) electrons. The van der Waals surface area contributed by atoms with Gasteiger partial charge in [-0.05, 0) is 53.2 Å². The number of hydrogen-bond acceptors (Lipinski definition) is 3. The number of halogens is 1. The zero-order chi connectivity index (χ0) is 15.4. The molecule has 0 fully saturated rings. The van der Waals surface area contributed by atoms with Gasteiger partial charge in [-0.1, -0.05) is 6.07 Å². The molecule has 0 unspecified atom stereocenters. The Kier molecular flexibility index (Phi) is 4.93. The summed E-state index contributed by atoms with van der Waals surface area (Å²) in [6.45, 7) is 1.99. The van der Waals surface area contributed by atoms with Crippen LogP contribution in [-0.2, 0) is 4.79 Å². The van der Waals surface area contributed by atoms with E-state index in [1.54, 1.807) is 29.5 Å². The van der Waals surface area contributed by atoms with E-state index in [0.717, 1.165) is 9.75 Å². The van der Waals surface area contributed by atoms with Crippen LogP contribution < -0.4 is 5.32 Å². The second kappa shape index (κ2) is 6.69. The number of thiophene rings is 1. The molecular weight excluding hydrogens is 354 g/mol. The van der Waals surface area contributed by atoms with Crippen LogP contribution in [-0.4, -0.2) is 17.0 Å². The van der Waals surface area contributed by atoms with E-state index in [9.17, 15) is 9.59 Å². The molecule has 0 saturated heterocycles. The highest BCUT2D eigenvalue weighted by Crippen LogP contribution is 2.26.